The summed E-state index contributed by atoms with van der Waals surface area (Å²) in [5.41, 5.74) is 1.85. The molecule has 0 radical (unpaired) electrons. The van der Waals surface area contributed by atoms with Gasteiger partial charge in [0.25, 0.3) is 5.92 Å². The van der Waals surface area contributed by atoms with Crippen molar-refractivity contribution in [3.05, 3.63) is 30.1 Å². The van der Waals surface area contributed by atoms with Crippen molar-refractivity contribution in [2.45, 2.75) is 45.2 Å². The summed E-state index contributed by atoms with van der Waals surface area (Å²) in [6.07, 6.45) is 1.13. The lowest BCUT2D eigenvalue weighted by Crippen LogP contribution is -2.44. The Bertz CT molecular complexity index is 780. The Kier molecular flexibility index (Phi) is 4.11. The van der Waals surface area contributed by atoms with E-state index >= 15 is 0 Å². The van der Waals surface area contributed by atoms with E-state index in [9.17, 15) is 13.6 Å². The number of aryl methyl sites for hydroxylation is 1. The fourth-order valence-corrected chi connectivity index (χ4v) is 3.10. The molecule has 7 heteroatoms. The number of aromatic nitrogens is 2. The Morgan fingerprint density at radius 3 is 2.83 bits per heavy atom. The van der Waals surface area contributed by atoms with Crippen LogP contribution in [-0.2, 0) is 4.79 Å². The third-order valence-corrected chi connectivity index (χ3v) is 4.33. The first-order chi connectivity index (χ1) is 11.3. The number of amides is 1. The number of rotatable bonds is 3. The summed E-state index contributed by atoms with van der Waals surface area (Å²) >= 11 is 0. The summed E-state index contributed by atoms with van der Waals surface area (Å²) in [6, 6.07) is 4.63. The highest BCUT2D eigenvalue weighted by Gasteiger charge is 2.45. The molecule has 2 heterocycles. The predicted molar refractivity (Wildman–Crippen MR) is 88.1 cm³/mol. The number of anilines is 1. The number of carbonyl (C=O) groups excluding carboxylic acids is 1. The number of nitrogens with zero attached hydrogens (tertiary/aromatic N) is 3. The van der Waals surface area contributed by atoms with E-state index in [4.69, 9.17) is 0 Å². The lowest BCUT2D eigenvalue weighted by Gasteiger charge is -2.25. The number of hydrogen-bond acceptors (Lipinski definition) is 4. The van der Waals surface area contributed by atoms with Crippen molar-refractivity contribution < 1.29 is 13.6 Å². The highest BCUT2D eigenvalue weighted by Crippen LogP contribution is 2.32. The second-order valence-corrected chi connectivity index (χ2v) is 6.48. The third kappa shape index (κ3) is 3.16. The molecular formula is C17H20F2N4O. The van der Waals surface area contributed by atoms with Crippen molar-refractivity contribution in [3.63, 3.8) is 0 Å². The van der Waals surface area contributed by atoms with Crippen molar-refractivity contribution in [1.29, 1.82) is 0 Å². The van der Waals surface area contributed by atoms with Gasteiger partial charge in [-0.25, -0.2) is 18.7 Å². The maximum Gasteiger partial charge on any atom is 0.267 e. The van der Waals surface area contributed by atoms with Crippen LogP contribution >= 0.6 is 0 Å². The van der Waals surface area contributed by atoms with Crippen LogP contribution in [0.5, 0.6) is 0 Å². The van der Waals surface area contributed by atoms with Crippen LogP contribution in [0.25, 0.3) is 10.9 Å². The van der Waals surface area contributed by atoms with E-state index in [0.29, 0.717) is 5.82 Å². The van der Waals surface area contributed by atoms with E-state index in [0.717, 1.165) is 16.5 Å². The number of likely N-dealkylation sites (tertiary alicyclic amines) is 1. The summed E-state index contributed by atoms with van der Waals surface area (Å²) in [4.78, 5) is 22.2. The van der Waals surface area contributed by atoms with E-state index in [1.165, 1.54) is 11.2 Å². The predicted octanol–water partition coefficient (Wildman–Crippen LogP) is 2.99. The van der Waals surface area contributed by atoms with E-state index in [1.54, 1.807) is 13.8 Å². The van der Waals surface area contributed by atoms with Crippen molar-refractivity contribution in [3.8, 4) is 0 Å². The minimum absolute atomic E-state index is 0.291. The first-order valence-corrected chi connectivity index (χ1v) is 7.93. The van der Waals surface area contributed by atoms with Gasteiger partial charge >= 0.3 is 0 Å². The Hall–Kier alpha value is -2.31. The number of benzene rings is 1. The van der Waals surface area contributed by atoms with Gasteiger partial charge in [-0.2, -0.15) is 0 Å². The van der Waals surface area contributed by atoms with Gasteiger partial charge in [0.15, 0.2) is 0 Å². The molecule has 0 unspecified atom stereocenters. The smallest absolute Gasteiger partial charge is 0.267 e. The van der Waals surface area contributed by atoms with Crippen LogP contribution in [0, 0.1) is 6.92 Å². The van der Waals surface area contributed by atoms with Gasteiger partial charge in [-0.3, -0.25) is 4.79 Å². The average Bonchev–Trinajstić information content (AvgIpc) is 2.79. The molecule has 1 aromatic heterocycles. The Morgan fingerprint density at radius 2 is 2.17 bits per heavy atom. The molecule has 5 nitrogen and oxygen atoms in total. The van der Waals surface area contributed by atoms with Crippen molar-refractivity contribution >= 4 is 22.6 Å². The van der Waals surface area contributed by atoms with Crippen LogP contribution in [0.2, 0.25) is 0 Å². The minimum atomic E-state index is -2.81. The molecule has 1 fully saturated rings. The molecule has 3 rings (SSSR count). The third-order valence-electron chi connectivity index (χ3n) is 4.33. The Morgan fingerprint density at radius 1 is 1.42 bits per heavy atom. The van der Waals surface area contributed by atoms with Gasteiger partial charge in [0.2, 0.25) is 5.91 Å². The fourth-order valence-electron chi connectivity index (χ4n) is 3.10. The fraction of sp³-hybridized carbons (Fsp3) is 0.471. The highest BCUT2D eigenvalue weighted by atomic mass is 19.3. The molecule has 24 heavy (non-hydrogen) atoms. The van der Waals surface area contributed by atoms with Crippen molar-refractivity contribution in [1.82, 2.24) is 14.9 Å². The molecule has 1 N–H and O–H groups in total. The molecule has 0 saturated carbocycles. The van der Waals surface area contributed by atoms with Crippen molar-refractivity contribution in [2.24, 2.45) is 0 Å². The number of carbonyl (C=O) groups is 1. The molecule has 1 aliphatic heterocycles. The van der Waals surface area contributed by atoms with Gasteiger partial charge in [-0.1, -0.05) is 6.07 Å². The van der Waals surface area contributed by atoms with Crippen LogP contribution in [0.1, 0.15) is 25.8 Å². The van der Waals surface area contributed by atoms with Crippen LogP contribution in [-0.4, -0.2) is 45.3 Å². The lowest BCUT2D eigenvalue weighted by molar-refractivity contribution is -0.133. The SMILES string of the molecule is Cc1ccc2c(N[C@H](C)C(=O)N3CC(F)(F)C[C@H]3C)ncnc2c1. The molecule has 1 saturated heterocycles. The van der Waals surface area contributed by atoms with Crippen LogP contribution in [0.15, 0.2) is 24.5 Å². The minimum Gasteiger partial charge on any atom is -0.358 e. The normalized spacial score (nSPS) is 21.0. The number of hydrogen-bond donors (Lipinski definition) is 1. The first-order valence-electron chi connectivity index (χ1n) is 7.93. The summed E-state index contributed by atoms with van der Waals surface area (Å²) in [7, 11) is 0. The molecule has 0 bridgehead atoms. The zero-order valence-corrected chi connectivity index (χ0v) is 13.9. The summed E-state index contributed by atoms with van der Waals surface area (Å²) in [5, 5.41) is 3.84. The molecule has 1 amide bonds. The van der Waals surface area contributed by atoms with Crippen LogP contribution in [0.3, 0.4) is 0 Å². The molecule has 0 aliphatic carbocycles. The highest BCUT2D eigenvalue weighted by molar-refractivity contribution is 5.92. The van der Waals surface area contributed by atoms with Gasteiger partial charge in [0.1, 0.15) is 18.2 Å². The van der Waals surface area contributed by atoms with E-state index in [2.05, 4.69) is 15.3 Å². The van der Waals surface area contributed by atoms with E-state index < -0.39 is 24.6 Å². The van der Waals surface area contributed by atoms with Gasteiger partial charge in [0, 0.05) is 17.8 Å². The summed E-state index contributed by atoms with van der Waals surface area (Å²) in [5.74, 6) is -2.63. The zero-order chi connectivity index (χ0) is 17.5. The maximum atomic E-state index is 13.5. The van der Waals surface area contributed by atoms with Crippen LogP contribution < -0.4 is 5.32 Å². The standard InChI is InChI=1S/C17H20F2N4O/c1-10-4-5-13-14(6-10)20-9-21-15(13)22-12(3)16(24)23-8-17(18,19)7-11(23)2/h4-6,9,11-12H,7-8H2,1-3H3,(H,20,21,22)/t11-,12-/m1/s1. The molecule has 0 spiro atoms. The zero-order valence-electron chi connectivity index (χ0n) is 13.9. The largest absolute Gasteiger partial charge is 0.358 e. The molecule has 1 aromatic carbocycles. The van der Waals surface area contributed by atoms with Crippen molar-refractivity contribution in [2.75, 3.05) is 11.9 Å². The number of nitrogens with one attached hydrogen (secondary N) is 1. The quantitative estimate of drug-likeness (QED) is 0.937. The Balaban J connectivity index is 1.80. The second kappa shape index (κ2) is 5.96. The number of alkyl halides is 2. The molecule has 1 aliphatic rings. The Labute approximate surface area is 139 Å². The second-order valence-electron chi connectivity index (χ2n) is 6.48. The molecule has 2 atom stereocenters. The van der Waals surface area contributed by atoms with Crippen LogP contribution in [0.4, 0.5) is 14.6 Å². The van der Waals surface area contributed by atoms with E-state index in [-0.39, 0.29) is 12.3 Å². The van der Waals surface area contributed by atoms with Gasteiger partial charge in [-0.15, -0.1) is 0 Å². The number of halogens is 2. The molecular weight excluding hydrogens is 314 g/mol. The average molecular weight is 334 g/mol. The lowest BCUT2D eigenvalue weighted by atomic mass is 10.1. The monoisotopic (exact) mass is 334 g/mol. The topological polar surface area (TPSA) is 58.1 Å². The van der Waals surface area contributed by atoms with Gasteiger partial charge in [-0.05, 0) is 38.5 Å². The van der Waals surface area contributed by atoms with Gasteiger partial charge < -0.3 is 10.2 Å². The molecule has 128 valence electrons. The van der Waals surface area contributed by atoms with E-state index in [1.807, 2.05) is 25.1 Å². The molecule has 2 aromatic rings. The summed E-state index contributed by atoms with van der Waals surface area (Å²) < 4.78 is 27.0. The first kappa shape index (κ1) is 16.5. The number of fused-ring (bicyclic) bond motifs is 1. The van der Waals surface area contributed by atoms with Gasteiger partial charge in [0.05, 0.1) is 12.1 Å². The maximum absolute atomic E-state index is 13.5. The summed E-state index contributed by atoms with van der Waals surface area (Å²) in [6.45, 7) is 4.75.